The molecule has 1 saturated carbocycles. The van der Waals surface area contributed by atoms with Crippen LogP contribution in [-0.4, -0.2) is 15.8 Å². The van der Waals surface area contributed by atoms with Crippen LogP contribution in [-0.2, 0) is 6.42 Å². The lowest BCUT2D eigenvalue weighted by Gasteiger charge is -2.33. The van der Waals surface area contributed by atoms with Crippen LogP contribution in [0.4, 0.5) is 0 Å². The molecule has 3 rings (SSSR count). The number of fused-ring (bicyclic) bond motifs is 2. The third kappa shape index (κ3) is 1.72. The zero-order valence-corrected chi connectivity index (χ0v) is 11.3. The van der Waals surface area contributed by atoms with Gasteiger partial charge in [-0.05, 0) is 42.6 Å². The van der Waals surface area contributed by atoms with E-state index in [1.54, 1.807) is 12.5 Å². The summed E-state index contributed by atoms with van der Waals surface area (Å²) in [4.78, 5) is 0. The number of hydrogen-bond acceptors (Lipinski definition) is 3. The molecule has 0 aromatic carbocycles. The van der Waals surface area contributed by atoms with Gasteiger partial charge in [-0.25, -0.2) is 0 Å². The highest BCUT2D eigenvalue weighted by molar-refractivity contribution is 5.29. The van der Waals surface area contributed by atoms with Crippen LogP contribution in [0.15, 0.2) is 16.9 Å². The zero-order valence-electron chi connectivity index (χ0n) is 11.3. The fourth-order valence-corrected chi connectivity index (χ4v) is 4.11. The lowest BCUT2D eigenvalue weighted by molar-refractivity contribution is -0.0392. The molecular formula is C15H22O3. The summed E-state index contributed by atoms with van der Waals surface area (Å²) in [7, 11) is 0. The molecule has 2 aliphatic carbocycles. The van der Waals surface area contributed by atoms with E-state index in [0.29, 0.717) is 6.42 Å². The molecular weight excluding hydrogens is 228 g/mol. The van der Waals surface area contributed by atoms with Crippen molar-refractivity contribution in [3.8, 4) is 0 Å². The quantitative estimate of drug-likeness (QED) is 0.744. The van der Waals surface area contributed by atoms with Crippen LogP contribution >= 0.6 is 0 Å². The van der Waals surface area contributed by atoms with Gasteiger partial charge >= 0.3 is 0 Å². The average molecular weight is 250 g/mol. The summed E-state index contributed by atoms with van der Waals surface area (Å²) in [6, 6.07) is 0. The number of hydrogen-bond donors (Lipinski definition) is 2. The molecule has 0 bridgehead atoms. The normalized spacial score (nSPS) is 42.2. The summed E-state index contributed by atoms with van der Waals surface area (Å²) < 4.78 is 5.22. The van der Waals surface area contributed by atoms with Gasteiger partial charge in [0.25, 0.3) is 0 Å². The molecule has 3 heteroatoms. The first-order chi connectivity index (χ1) is 8.30. The van der Waals surface area contributed by atoms with Crippen molar-refractivity contribution in [1.29, 1.82) is 0 Å². The van der Waals surface area contributed by atoms with E-state index in [1.807, 2.05) is 6.92 Å². The predicted molar refractivity (Wildman–Crippen MR) is 68.0 cm³/mol. The van der Waals surface area contributed by atoms with Crippen molar-refractivity contribution in [3.63, 3.8) is 0 Å². The molecule has 0 amide bonds. The highest BCUT2D eigenvalue weighted by Gasteiger charge is 2.52. The van der Waals surface area contributed by atoms with Gasteiger partial charge in [-0.1, -0.05) is 13.8 Å². The van der Waals surface area contributed by atoms with Crippen LogP contribution < -0.4 is 0 Å². The van der Waals surface area contributed by atoms with Gasteiger partial charge in [0, 0.05) is 12.0 Å². The minimum absolute atomic E-state index is 0.133. The van der Waals surface area contributed by atoms with Gasteiger partial charge < -0.3 is 14.6 Å². The second kappa shape index (κ2) is 3.61. The Bertz CT molecular complexity index is 458. The molecule has 0 aliphatic heterocycles. The third-order valence-electron chi connectivity index (χ3n) is 4.93. The van der Waals surface area contributed by atoms with Crippen LogP contribution in [0.2, 0.25) is 0 Å². The molecule has 18 heavy (non-hydrogen) atoms. The summed E-state index contributed by atoms with van der Waals surface area (Å²) in [5.74, 6) is 0.295. The fourth-order valence-electron chi connectivity index (χ4n) is 4.11. The maximum absolute atomic E-state index is 10.8. The number of aliphatic hydroxyl groups is 2. The minimum Gasteiger partial charge on any atom is -0.472 e. The van der Waals surface area contributed by atoms with E-state index in [4.69, 9.17) is 4.42 Å². The topological polar surface area (TPSA) is 53.6 Å². The summed E-state index contributed by atoms with van der Waals surface area (Å²) in [5.41, 5.74) is 1.27. The Morgan fingerprint density at radius 3 is 2.67 bits per heavy atom. The second-order valence-electron chi connectivity index (χ2n) is 7.17. The molecule has 4 atom stereocenters. The summed E-state index contributed by atoms with van der Waals surface area (Å²) in [6.45, 7) is 6.35. The number of aliphatic hydroxyl groups excluding tert-OH is 1. The Hall–Kier alpha value is -0.800. The first kappa shape index (κ1) is 12.2. The minimum atomic E-state index is -0.755. The fraction of sp³-hybridized carbons (Fsp3) is 0.733. The predicted octanol–water partition coefficient (Wildman–Crippen LogP) is 2.67. The van der Waals surface area contributed by atoms with E-state index >= 15 is 0 Å². The van der Waals surface area contributed by atoms with E-state index in [2.05, 4.69) is 13.8 Å². The molecule has 2 aliphatic rings. The molecule has 100 valence electrons. The van der Waals surface area contributed by atoms with Crippen LogP contribution in [0, 0.1) is 17.3 Å². The molecule has 1 aromatic heterocycles. The molecule has 1 fully saturated rings. The highest BCUT2D eigenvalue weighted by atomic mass is 16.3. The van der Waals surface area contributed by atoms with Crippen LogP contribution in [0.25, 0.3) is 0 Å². The molecule has 2 N–H and O–H groups in total. The van der Waals surface area contributed by atoms with Gasteiger partial charge in [0.1, 0.15) is 0 Å². The first-order valence-corrected chi connectivity index (χ1v) is 6.76. The molecule has 0 unspecified atom stereocenters. The summed E-state index contributed by atoms with van der Waals surface area (Å²) in [5, 5.41) is 21.4. The van der Waals surface area contributed by atoms with E-state index in [-0.39, 0.29) is 17.3 Å². The van der Waals surface area contributed by atoms with Crippen molar-refractivity contribution in [3.05, 3.63) is 23.7 Å². The van der Waals surface area contributed by atoms with Crippen molar-refractivity contribution in [1.82, 2.24) is 0 Å². The lowest BCUT2D eigenvalue weighted by atomic mass is 9.78. The van der Waals surface area contributed by atoms with Crippen molar-refractivity contribution >= 4 is 0 Å². The van der Waals surface area contributed by atoms with Gasteiger partial charge in [-0.2, -0.15) is 0 Å². The Labute approximate surface area is 108 Å². The molecule has 1 aromatic rings. The van der Waals surface area contributed by atoms with Crippen molar-refractivity contribution in [2.45, 2.75) is 51.7 Å². The van der Waals surface area contributed by atoms with Crippen molar-refractivity contribution in [2.24, 2.45) is 17.3 Å². The largest absolute Gasteiger partial charge is 0.472 e. The maximum Gasteiger partial charge on any atom is 0.0963 e. The van der Waals surface area contributed by atoms with Gasteiger partial charge in [-0.3, -0.25) is 0 Å². The monoisotopic (exact) mass is 250 g/mol. The van der Waals surface area contributed by atoms with Gasteiger partial charge in [0.05, 0.1) is 24.2 Å². The van der Waals surface area contributed by atoms with E-state index in [0.717, 1.165) is 24.0 Å². The van der Waals surface area contributed by atoms with Gasteiger partial charge in [0.2, 0.25) is 0 Å². The molecule has 3 nitrogen and oxygen atoms in total. The first-order valence-electron chi connectivity index (χ1n) is 6.76. The highest BCUT2D eigenvalue weighted by Crippen LogP contribution is 2.56. The summed E-state index contributed by atoms with van der Waals surface area (Å²) in [6.07, 6.45) is 5.32. The van der Waals surface area contributed by atoms with Crippen molar-refractivity contribution < 1.29 is 14.6 Å². The van der Waals surface area contributed by atoms with Gasteiger partial charge in [-0.15, -0.1) is 0 Å². The van der Waals surface area contributed by atoms with Crippen LogP contribution in [0.3, 0.4) is 0 Å². The average Bonchev–Trinajstić information content (AvgIpc) is 2.79. The molecule has 0 radical (unpaired) electrons. The van der Waals surface area contributed by atoms with Crippen molar-refractivity contribution in [2.75, 3.05) is 0 Å². The number of rotatable bonds is 0. The molecule has 0 saturated heterocycles. The smallest absolute Gasteiger partial charge is 0.0963 e. The van der Waals surface area contributed by atoms with E-state index in [9.17, 15) is 10.2 Å². The Kier molecular flexibility index (Phi) is 2.46. The third-order valence-corrected chi connectivity index (χ3v) is 4.93. The van der Waals surface area contributed by atoms with E-state index < -0.39 is 11.7 Å². The Morgan fingerprint density at radius 1 is 1.22 bits per heavy atom. The van der Waals surface area contributed by atoms with Crippen LogP contribution in [0.1, 0.15) is 50.8 Å². The van der Waals surface area contributed by atoms with Crippen LogP contribution in [0.5, 0.6) is 0 Å². The lowest BCUT2D eigenvalue weighted by Crippen LogP contribution is -2.38. The summed E-state index contributed by atoms with van der Waals surface area (Å²) >= 11 is 0. The zero-order chi connectivity index (χ0) is 13.1. The van der Waals surface area contributed by atoms with E-state index in [1.165, 1.54) is 0 Å². The Morgan fingerprint density at radius 2 is 1.94 bits per heavy atom. The SMILES string of the molecule is CC1(C)C[C@H]2[C@H](O)c3cocc3C[C@@](C)(O)[C@H]2C1. The standard InChI is InChI=1S/C15H22O3/c1-14(2)5-10-12(6-14)15(3,17)4-9-7-18-8-11(9)13(10)16/h7-8,10,12-13,16-17H,4-6H2,1-3H3/t10-,12+,13+,15-/m1/s1. The van der Waals surface area contributed by atoms with Gasteiger partial charge in [0.15, 0.2) is 0 Å². The molecule has 0 spiro atoms. The number of furan rings is 1. The Balaban J connectivity index is 2.06. The maximum atomic E-state index is 10.8. The second-order valence-corrected chi connectivity index (χ2v) is 7.17. The molecule has 1 heterocycles.